The van der Waals surface area contributed by atoms with Gasteiger partial charge in [0.1, 0.15) is 0 Å². The molecule has 1 heterocycles. The minimum absolute atomic E-state index is 0.171. The normalized spacial score (nSPS) is 23.7. The molecule has 0 radical (unpaired) electrons. The molecule has 0 saturated carbocycles. The average Bonchev–Trinajstić information content (AvgIpc) is 2.42. The zero-order chi connectivity index (χ0) is 10.6. The maximum absolute atomic E-state index is 11.2. The van der Waals surface area contributed by atoms with Gasteiger partial charge in [-0.1, -0.05) is 19.8 Å². The van der Waals surface area contributed by atoms with E-state index in [2.05, 4.69) is 17.6 Å². The van der Waals surface area contributed by atoms with Crippen LogP contribution in [-0.4, -0.2) is 23.9 Å². The molecule has 1 rings (SSSR count). The van der Waals surface area contributed by atoms with Crippen LogP contribution in [0.4, 0.5) is 0 Å². The molecule has 1 aliphatic rings. The standard InChI is InChI=1S/C10H18N2O2/c1-3-4-5-7(2)11-8-6-9(13)12-10(8)14/h7-8,11H,3-6H2,1-2H3,(H,12,13,14). The first-order valence-corrected chi connectivity index (χ1v) is 5.23. The van der Waals surface area contributed by atoms with Gasteiger partial charge in [0.2, 0.25) is 11.8 Å². The van der Waals surface area contributed by atoms with Crippen LogP contribution in [0.3, 0.4) is 0 Å². The van der Waals surface area contributed by atoms with Crippen LogP contribution in [0.2, 0.25) is 0 Å². The number of amides is 2. The summed E-state index contributed by atoms with van der Waals surface area (Å²) in [4.78, 5) is 22.1. The van der Waals surface area contributed by atoms with Crippen molar-refractivity contribution in [2.75, 3.05) is 0 Å². The van der Waals surface area contributed by atoms with Crippen molar-refractivity contribution in [1.29, 1.82) is 0 Å². The second-order valence-corrected chi connectivity index (χ2v) is 3.88. The predicted molar refractivity (Wildman–Crippen MR) is 53.7 cm³/mol. The van der Waals surface area contributed by atoms with Gasteiger partial charge in [-0.3, -0.25) is 14.9 Å². The minimum atomic E-state index is -0.311. The number of imide groups is 1. The van der Waals surface area contributed by atoms with Crippen LogP contribution in [-0.2, 0) is 9.59 Å². The molecule has 0 aromatic heterocycles. The summed E-state index contributed by atoms with van der Waals surface area (Å²) in [6, 6.07) is -0.00837. The van der Waals surface area contributed by atoms with Crippen molar-refractivity contribution in [2.45, 2.75) is 51.6 Å². The Morgan fingerprint density at radius 3 is 2.79 bits per heavy atom. The van der Waals surface area contributed by atoms with E-state index < -0.39 is 0 Å². The predicted octanol–water partition coefficient (Wildman–Crippen LogP) is 0.570. The van der Waals surface area contributed by atoms with Gasteiger partial charge in [0.25, 0.3) is 0 Å². The Morgan fingerprint density at radius 1 is 1.57 bits per heavy atom. The summed E-state index contributed by atoms with van der Waals surface area (Å²) in [6.07, 6.45) is 3.64. The minimum Gasteiger partial charge on any atom is -0.303 e. The largest absolute Gasteiger partial charge is 0.303 e. The fourth-order valence-electron chi connectivity index (χ4n) is 1.63. The van der Waals surface area contributed by atoms with Crippen molar-refractivity contribution in [3.05, 3.63) is 0 Å². The van der Waals surface area contributed by atoms with Crippen molar-refractivity contribution in [2.24, 2.45) is 0 Å². The lowest BCUT2D eigenvalue weighted by Gasteiger charge is -2.16. The number of rotatable bonds is 5. The first-order chi connectivity index (χ1) is 6.63. The third kappa shape index (κ3) is 3.10. The SMILES string of the molecule is CCCCC(C)NC1CC(=O)NC1=O. The smallest absolute Gasteiger partial charge is 0.244 e. The Hall–Kier alpha value is -0.900. The zero-order valence-electron chi connectivity index (χ0n) is 8.80. The van der Waals surface area contributed by atoms with Crippen molar-refractivity contribution in [3.8, 4) is 0 Å². The van der Waals surface area contributed by atoms with Gasteiger partial charge in [-0.2, -0.15) is 0 Å². The molecule has 14 heavy (non-hydrogen) atoms. The lowest BCUT2D eigenvalue weighted by molar-refractivity contribution is -0.125. The summed E-state index contributed by atoms with van der Waals surface area (Å²) in [5.41, 5.74) is 0. The van der Waals surface area contributed by atoms with Crippen LogP contribution in [0.5, 0.6) is 0 Å². The summed E-state index contributed by atoms with van der Waals surface area (Å²) in [5, 5.41) is 5.45. The third-order valence-corrected chi connectivity index (χ3v) is 2.45. The summed E-state index contributed by atoms with van der Waals surface area (Å²) >= 11 is 0. The van der Waals surface area contributed by atoms with Crippen LogP contribution in [0, 0.1) is 0 Å². The fraction of sp³-hybridized carbons (Fsp3) is 0.800. The molecule has 0 bridgehead atoms. The van der Waals surface area contributed by atoms with E-state index in [0.717, 1.165) is 19.3 Å². The number of carbonyl (C=O) groups is 2. The van der Waals surface area contributed by atoms with E-state index in [9.17, 15) is 9.59 Å². The van der Waals surface area contributed by atoms with E-state index in [1.165, 1.54) is 0 Å². The van der Waals surface area contributed by atoms with Gasteiger partial charge >= 0.3 is 0 Å². The Labute approximate surface area is 84.4 Å². The molecule has 0 aromatic rings. The Bertz CT molecular complexity index is 228. The van der Waals surface area contributed by atoms with Gasteiger partial charge in [-0.05, 0) is 13.3 Å². The van der Waals surface area contributed by atoms with Crippen LogP contribution < -0.4 is 10.6 Å². The van der Waals surface area contributed by atoms with Gasteiger partial charge in [0.15, 0.2) is 0 Å². The molecule has 2 atom stereocenters. The van der Waals surface area contributed by atoms with Crippen molar-refractivity contribution >= 4 is 11.8 Å². The topological polar surface area (TPSA) is 58.2 Å². The zero-order valence-corrected chi connectivity index (χ0v) is 8.80. The quantitative estimate of drug-likeness (QED) is 0.635. The number of nitrogens with one attached hydrogen (secondary N) is 2. The van der Waals surface area contributed by atoms with Crippen LogP contribution in [0.1, 0.15) is 39.5 Å². The second kappa shape index (κ2) is 5.10. The molecule has 0 aromatic carbocycles. The van der Waals surface area contributed by atoms with Crippen molar-refractivity contribution in [1.82, 2.24) is 10.6 Å². The van der Waals surface area contributed by atoms with E-state index in [4.69, 9.17) is 0 Å². The monoisotopic (exact) mass is 198 g/mol. The third-order valence-electron chi connectivity index (χ3n) is 2.45. The molecule has 2 amide bonds. The molecule has 4 heteroatoms. The van der Waals surface area contributed by atoms with Gasteiger partial charge in [0, 0.05) is 6.04 Å². The molecule has 2 N–H and O–H groups in total. The molecule has 80 valence electrons. The maximum Gasteiger partial charge on any atom is 0.244 e. The van der Waals surface area contributed by atoms with E-state index >= 15 is 0 Å². The lowest BCUT2D eigenvalue weighted by atomic mass is 10.1. The maximum atomic E-state index is 11.2. The number of unbranched alkanes of at least 4 members (excludes halogenated alkanes) is 1. The van der Waals surface area contributed by atoms with E-state index in [-0.39, 0.29) is 24.3 Å². The highest BCUT2D eigenvalue weighted by atomic mass is 16.2. The highest BCUT2D eigenvalue weighted by Crippen LogP contribution is 2.06. The second-order valence-electron chi connectivity index (χ2n) is 3.88. The molecular formula is C10H18N2O2. The highest BCUT2D eigenvalue weighted by Gasteiger charge is 2.30. The summed E-state index contributed by atoms with van der Waals surface area (Å²) in [6.45, 7) is 4.18. The van der Waals surface area contributed by atoms with E-state index in [0.29, 0.717) is 6.04 Å². The molecule has 0 aliphatic carbocycles. The van der Waals surface area contributed by atoms with Gasteiger partial charge < -0.3 is 5.32 Å². The summed E-state index contributed by atoms with van der Waals surface area (Å²) in [7, 11) is 0. The van der Waals surface area contributed by atoms with Crippen molar-refractivity contribution in [3.63, 3.8) is 0 Å². The first-order valence-electron chi connectivity index (χ1n) is 5.23. The number of hydrogen-bond acceptors (Lipinski definition) is 3. The van der Waals surface area contributed by atoms with Gasteiger partial charge in [-0.25, -0.2) is 0 Å². The van der Waals surface area contributed by atoms with Crippen LogP contribution in [0.15, 0.2) is 0 Å². The van der Waals surface area contributed by atoms with Crippen LogP contribution >= 0.6 is 0 Å². The molecule has 1 saturated heterocycles. The first kappa shape index (κ1) is 11.2. The summed E-state index contributed by atoms with van der Waals surface area (Å²) in [5.74, 6) is -0.353. The molecule has 0 spiro atoms. The number of hydrogen-bond donors (Lipinski definition) is 2. The summed E-state index contributed by atoms with van der Waals surface area (Å²) < 4.78 is 0. The van der Waals surface area contributed by atoms with Crippen molar-refractivity contribution < 1.29 is 9.59 Å². The Kier molecular flexibility index (Phi) is 4.07. The van der Waals surface area contributed by atoms with E-state index in [1.54, 1.807) is 0 Å². The molecule has 1 fully saturated rings. The average molecular weight is 198 g/mol. The number of carbonyl (C=O) groups excluding carboxylic acids is 2. The Balaban J connectivity index is 2.29. The van der Waals surface area contributed by atoms with Gasteiger partial charge in [0.05, 0.1) is 12.5 Å². The van der Waals surface area contributed by atoms with E-state index in [1.807, 2.05) is 6.92 Å². The van der Waals surface area contributed by atoms with Gasteiger partial charge in [-0.15, -0.1) is 0 Å². The highest BCUT2D eigenvalue weighted by molar-refractivity contribution is 6.05. The Morgan fingerprint density at radius 2 is 2.29 bits per heavy atom. The molecule has 2 unspecified atom stereocenters. The van der Waals surface area contributed by atoms with Crippen LogP contribution in [0.25, 0.3) is 0 Å². The molecule has 1 aliphatic heterocycles. The molecule has 4 nitrogen and oxygen atoms in total. The molecular weight excluding hydrogens is 180 g/mol. The lowest BCUT2D eigenvalue weighted by Crippen LogP contribution is -2.41. The fourth-order valence-corrected chi connectivity index (χ4v) is 1.63.